The summed E-state index contributed by atoms with van der Waals surface area (Å²) in [4.78, 5) is 23.1. The maximum absolute atomic E-state index is 13.0. The number of hydrogen-bond acceptors (Lipinski definition) is 6. The van der Waals surface area contributed by atoms with Gasteiger partial charge in [-0.05, 0) is 82.1 Å². The summed E-state index contributed by atoms with van der Waals surface area (Å²) < 4.78 is 5.92. The summed E-state index contributed by atoms with van der Waals surface area (Å²) in [6, 6.07) is 13.2. The normalized spacial score (nSPS) is 18.9. The lowest BCUT2D eigenvalue weighted by atomic mass is 10.0. The summed E-state index contributed by atoms with van der Waals surface area (Å²) in [7, 11) is 6.08. The number of benzene rings is 2. The van der Waals surface area contributed by atoms with Crippen LogP contribution in [0.15, 0.2) is 42.6 Å². The molecule has 8 heteroatoms. The summed E-state index contributed by atoms with van der Waals surface area (Å²) in [5.41, 5.74) is 5.80. The van der Waals surface area contributed by atoms with Crippen molar-refractivity contribution in [1.29, 1.82) is 0 Å². The smallest absolute Gasteiger partial charge is 0.317 e. The zero-order valence-electron chi connectivity index (χ0n) is 22.4. The average Bonchev–Trinajstić information content (AvgIpc) is 3.64. The number of fused-ring (bicyclic) bond motifs is 1. The molecule has 1 fully saturated rings. The number of rotatable bonds is 7. The van der Waals surface area contributed by atoms with Gasteiger partial charge in [0.2, 0.25) is 0 Å². The molecule has 1 saturated heterocycles. The number of hydrogen-bond donors (Lipinski definition) is 2. The van der Waals surface area contributed by atoms with Crippen LogP contribution in [0.4, 0.5) is 10.5 Å². The molecule has 2 atom stereocenters. The predicted octanol–water partition coefficient (Wildman–Crippen LogP) is 5.64. The summed E-state index contributed by atoms with van der Waals surface area (Å²) in [6.45, 7) is 5.67. The molecule has 37 heavy (non-hydrogen) atoms. The Bertz CT molecular complexity index is 1270. The molecule has 7 nitrogen and oxygen atoms in total. The van der Waals surface area contributed by atoms with Crippen LogP contribution in [0.1, 0.15) is 43.9 Å². The molecule has 0 radical (unpaired) electrons. The molecular weight excluding hydrogens is 482 g/mol. The SMILES string of the molecule is CNc1cc(-c2ncc(-c3cccc4c3CC[C@@H]4NC(=O)N3CC[C@H](N(C)C)C3)s2)ccc1OC(C)C. The molecule has 1 aromatic heterocycles. The van der Waals surface area contributed by atoms with Crippen LogP contribution in [-0.2, 0) is 6.42 Å². The molecule has 0 spiro atoms. The number of anilines is 1. The number of nitrogens with zero attached hydrogens (tertiary/aromatic N) is 3. The third-order valence-corrected chi connectivity index (χ3v) is 8.46. The van der Waals surface area contributed by atoms with E-state index < -0.39 is 0 Å². The first-order valence-electron chi connectivity index (χ1n) is 13.1. The Morgan fingerprint density at radius 3 is 2.78 bits per heavy atom. The Morgan fingerprint density at radius 1 is 1.22 bits per heavy atom. The zero-order valence-corrected chi connectivity index (χ0v) is 23.2. The van der Waals surface area contributed by atoms with Gasteiger partial charge in [0.05, 0.1) is 22.7 Å². The lowest BCUT2D eigenvalue weighted by Crippen LogP contribution is -2.41. The van der Waals surface area contributed by atoms with Gasteiger partial charge in [-0.25, -0.2) is 9.78 Å². The van der Waals surface area contributed by atoms with Crippen LogP contribution in [0.5, 0.6) is 5.75 Å². The molecule has 0 saturated carbocycles. The highest BCUT2D eigenvalue weighted by Gasteiger charge is 2.31. The second-order valence-electron chi connectivity index (χ2n) is 10.4. The molecule has 2 N–H and O–H groups in total. The number of nitrogens with one attached hydrogen (secondary N) is 2. The van der Waals surface area contributed by atoms with E-state index >= 15 is 0 Å². The van der Waals surface area contributed by atoms with Gasteiger partial charge in [-0.15, -0.1) is 11.3 Å². The minimum atomic E-state index is 0.0536. The van der Waals surface area contributed by atoms with E-state index in [1.54, 1.807) is 11.3 Å². The topological polar surface area (TPSA) is 69.7 Å². The van der Waals surface area contributed by atoms with Gasteiger partial charge in [-0.3, -0.25) is 0 Å². The first-order chi connectivity index (χ1) is 17.8. The minimum absolute atomic E-state index is 0.0536. The fourth-order valence-corrected chi connectivity index (χ4v) is 6.34. The second kappa shape index (κ2) is 10.7. The van der Waals surface area contributed by atoms with Crippen LogP contribution in [-0.4, -0.2) is 67.2 Å². The number of carbonyl (C=O) groups excluding carboxylic acids is 1. The first kappa shape index (κ1) is 25.5. The van der Waals surface area contributed by atoms with Gasteiger partial charge in [-0.1, -0.05) is 18.2 Å². The quantitative estimate of drug-likeness (QED) is 0.423. The molecule has 2 amide bonds. The van der Waals surface area contributed by atoms with Crippen molar-refractivity contribution in [3.05, 3.63) is 53.7 Å². The van der Waals surface area contributed by atoms with E-state index in [0.29, 0.717) is 6.04 Å². The van der Waals surface area contributed by atoms with E-state index in [1.807, 2.05) is 38.1 Å². The number of likely N-dealkylation sites (tertiary alicyclic amines) is 1. The Morgan fingerprint density at radius 2 is 2.05 bits per heavy atom. The van der Waals surface area contributed by atoms with E-state index in [1.165, 1.54) is 16.7 Å². The van der Waals surface area contributed by atoms with Crippen LogP contribution < -0.4 is 15.4 Å². The second-order valence-corrected chi connectivity index (χ2v) is 11.5. The van der Waals surface area contributed by atoms with Gasteiger partial charge in [0.1, 0.15) is 10.8 Å². The van der Waals surface area contributed by atoms with Crippen molar-refractivity contribution in [3.63, 3.8) is 0 Å². The number of likely N-dealkylation sites (N-methyl/N-ethyl adjacent to an activating group) is 1. The maximum atomic E-state index is 13.0. The number of carbonyl (C=O) groups is 1. The molecule has 1 aliphatic carbocycles. The largest absolute Gasteiger partial charge is 0.489 e. The van der Waals surface area contributed by atoms with E-state index in [2.05, 4.69) is 60.0 Å². The van der Waals surface area contributed by atoms with E-state index in [0.717, 1.165) is 59.2 Å². The molecule has 5 rings (SSSR count). The molecular formula is C29H37N5O2S. The van der Waals surface area contributed by atoms with Crippen molar-refractivity contribution in [2.45, 2.75) is 51.3 Å². The van der Waals surface area contributed by atoms with Crippen LogP contribution in [0.25, 0.3) is 21.0 Å². The van der Waals surface area contributed by atoms with Crippen molar-refractivity contribution in [2.24, 2.45) is 0 Å². The summed E-state index contributed by atoms with van der Waals surface area (Å²) in [5.74, 6) is 0.846. The van der Waals surface area contributed by atoms with Gasteiger partial charge in [0, 0.05) is 37.9 Å². The molecule has 1 aliphatic heterocycles. The van der Waals surface area contributed by atoms with E-state index in [-0.39, 0.29) is 18.2 Å². The maximum Gasteiger partial charge on any atom is 0.317 e. The van der Waals surface area contributed by atoms with Crippen molar-refractivity contribution in [3.8, 4) is 26.8 Å². The fraction of sp³-hybridized carbons (Fsp3) is 0.448. The summed E-state index contributed by atoms with van der Waals surface area (Å²) in [5, 5.41) is 7.54. The molecule has 2 aromatic carbocycles. The molecule has 196 valence electrons. The van der Waals surface area contributed by atoms with Crippen LogP contribution in [0.3, 0.4) is 0 Å². The molecule has 2 heterocycles. The van der Waals surface area contributed by atoms with Gasteiger partial charge < -0.3 is 25.2 Å². The molecule has 0 unspecified atom stereocenters. The van der Waals surface area contributed by atoms with Gasteiger partial charge in [0.15, 0.2) is 0 Å². The number of urea groups is 1. The number of amides is 2. The first-order valence-corrected chi connectivity index (χ1v) is 13.9. The van der Waals surface area contributed by atoms with Gasteiger partial charge >= 0.3 is 6.03 Å². The van der Waals surface area contributed by atoms with Crippen LogP contribution in [0, 0.1) is 0 Å². The Labute approximate surface area is 223 Å². The van der Waals surface area contributed by atoms with E-state index in [4.69, 9.17) is 9.72 Å². The molecule has 2 aliphatic rings. The highest BCUT2D eigenvalue weighted by Crippen LogP contribution is 2.41. The number of thiazole rings is 1. The Balaban J connectivity index is 1.33. The lowest BCUT2D eigenvalue weighted by molar-refractivity contribution is 0.199. The standard InChI is InChI=1S/C29H37N5O2S/c1-18(2)36-26-12-9-19(15-25(26)30-3)28-31-16-27(37-28)23-8-6-7-22-21(23)10-11-24(22)32-29(35)34-14-13-20(17-34)33(4)5/h6-9,12,15-16,18,20,24,30H,10-11,13-14,17H2,1-5H3,(H,32,35)/t20-,24-/m0/s1. The average molecular weight is 520 g/mol. The van der Waals surface area contributed by atoms with Crippen LogP contribution >= 0.6 is 11.3 Å². The van der Waals surface area contributed by atoms with E-state index in [9.17, 15) is 4.79 Å². The van der Waals surface area contributed by atoms with Crippen LogP contribution in [0.2, 0.25) is 0 Å². The molecule has 3 aromatic rings. The van der Waals surface area contributed by atoms with Crippen molar-refractivity contribution in [1.82, 2.24) is 20.1 Å². The van der Waals surface area contributed by atoms with Crippen molar-refractivity contribution < 1.29 is 9.53 Å². The fourth-order valence-electron chi connectivity index (χ4n) is 5.37. The lowest BCUT2D eigenvalue weighted by Gasteiger charge is -2.23. The van der Waals surface area contributed by atoms with Gasteiger partial charge in [-0.2, -0.15) is 0 Å². The highest BCUT2D eigenvalue weighted by atomic mass is 32.1. The zero-order chi connectivity index (χ0) is 26.1. The third kappa shape index (κ3) is 5.31. The highest BCUT2D eigenvalue weighted by molar-refractivity contribution is 7.18. The molecule has 0 bridgehead atoms. The Kier molecular flexibility index (Phi) is 7.40. The Hall–Kier alpha value is -3.10. The van der Waals surface area contributed by atoms with Crippen molar-refractivity contribution in [2.75, 3.05) is 39.5 Å². The summed E-state index contributed by atoms with van der Waals surface area (Å²) >= 11 is 1.70. The number of aromatic nitrogens is 1. The predicted molar refractivity (Wildman–Crippen MR) is 152 cm³/mol. The monoisotopic (exact) mass is 519 g/mol. The summed E-state index contributed by atoms with van der Waals surface area (Å²) in [6.07, 6.45) is 5.00. The van der Waals surface area contributed by atoms with Gasteiger partial charge in [0.25, 0.3) is 0 Å². The number of ether oxygens (including phenoxy) is 1. The minimum Gasteiger partial charge on any atom is -0.489 e. The third-order valence-electron chi connectivity index (χ3n) is 7.38. The van der Waals surface area contributed by atoms with Crippen molar-refractivity contribution >= 4 is 23.1 Å².